The second-order valence-electron chi connectivity index (χ2n) is 4.53. The number of hydrogen-bond donors (Lipinski definition) is 2. The summed E-state index contributed by atoms with van der Waals surface area (Å²) in [7, 11) is 0. The summed E-state index contributed by atoms with van der Waals surface area (Å²) in [6, 6.07) is 6.89. The van der Waals surface area contributed by atoms with E-state index < -0.39 is 6.09 Å². The molecule has 2 atom stereocenters. The lowest BCUT2D eigenvalue weighted by atomic mass is 9.93. The van der Waals surface area contributed by atoms with Gasteiger partial charge in [0.1, 0.15) is 6.10 Å². The first-order valence-electron chi connectivity index (χ1n) is 6.14. The first kappa shape index (κ1) is 13.2. The molecule has 0 aromatic heterocycles. The number of nitrogens with one attached hydrogen (secondary N) is 1. The third kappa shape index (κ3) is 3.62. The zero-order valence-electron chi connectivity index (χ0n) is 10.1. The van der Waals surface area contributed by atoms with Gasteiger partial charge in [-0.1, -0.05) is 24.1 Å². The minimum absolute atomic E-state index is 0.0520. The largest absolute Gasteiger partial charge is 0.444 e. The topological polar surface area (TPSA) is 64.3 Å². The maximum Gasteiger partial charge on any atom is 0.411 e. The maximum atomic E-state index is 11.7. The first-order chi connectivity index (χ1) is 8.65. The number of halogens is 1. The van der Waals surface area contributed by atoms with E-state index in [0.29, 0.717) is 10.7 Å². The van der Waals surface area contributed by atoms with Crippen molar-refractivity contribution in [1.29, 1.82) is 0 Å². The van der Waals surface area contributed by atoms with Crippen LogP contribution in [0.25, 0.3) is 0 Å². The number of nitrogens with two attached hydrogens (primary N) is 1. The lowest BCUT2D eigenvalue weighted by Crippen LogP contribution is -2.41. The minimum Gasteiger partial charge on any atom is -0.444 e. The Morgan fingerprint density at radius 2 is 2.17 bits per heavy atom. The van der Waals surface area contributed by atoms with Gasteiger partial charge in [0.15, 0.2) is 0 Å². The summed E-state index contributed by atoms with van der Waals surface area (Å²) < 4.78 is 5.33. The summed E-state index contributed by atoms with van der Waals surface area (Å²) in [5.41, 5.74) is 6.54. The highest BCUT2D eigenvalue weighted by Gasteiger charge is 2.25. The zero-order valence-corrected chi connectivity index (χ0v) is 10.8. The first-order valence-corrected chi connectivity index (χ1v) is 6.52. The fourth-order valence-corrected chi connectivity index (χ4v) is 2.31. The molecule has 2 rings (SSSR count). The molecule has 1 aromatic rings. The highest BCUT2D eigenvalue weighted by molar-refractivity contribution is 6.30. The van der Waals surface area contributed by atoms with E-state index in [0.717, 1.165) is 25.7 Å². The van der Waals surface area contributed by atoms with Gasteiger partial charge in [0.05, 0.1) is 0 Å². The quantitative estimate of drug-likeness (QED) is 0.866. The zero-order chi connectivity index (χ0) is 13.0. The maximum absolute atomic E-state index is 11.7. The van der Waals surface area contributed by atoms with E-state index in [1.165, 1.54) is 0 Å². The Morgan fingerprint density at radius 1 is 1.39 bits per heavy atom. The molecule has 1 fully saturated rings. The van der Waals surface area contributed by atoms with Crippen molar-refractivity contribution in [3.8, 4) is 0 Å². The molecule has 1 aromatic carbocycles. The lowest BCUT2D eigenvalue weighted by molar-refractivity contribution is 0.0728. The molecule has 0 aliphatic heterocycles. The van der Waals surface area contributed by atoms with Gasteiger partial charge in [-0.3, -0.25) is 5.32 Å². The molecule has 18 heavy (non-hydrogen) atoms. The molecule has 0 bridgehead atoms. The van der Waals surface area contributed by atoms with Gasteiger partial charge in [0.2, 0.25) is 0 Å². The Hall–Kier alpha value is -1.26. The van der Waals surface area contributed by atoms with E-state index in [-0.39, 0.29) is 12.1 Å². The summed E-state index contributed by atoms with van der Waals surface area (Å²) in [6.45, 7) is 0. The van der Waals surface area contributed by atoms with Crippen molar-refractivity contribution in [2.75, 3.05) is 5.32 Å². The Labute approximate surface area is 111 Å². The van der Waals surface area contributed by atoms with Gasteiger partial charge in [0, 0.05) is 16.8 Å². The van der Waals surface area contributed by atoms with Crippen LogP contribution in [0.5, 0.6) is 0 Å². The second-order valence-corrected chi connectivity index (χ2v) is 4.96. The number of hydrogen-bond acceptors (Lipinski definition) is 3. The average molecular weight is 269 g/mol. The van der Waals surface area contributed by atoms with Crippen molar-refractivity contribution in [3.05, 3.63) is 29.3 Å². The molecule has 0 heterocycles. The molecule has 1 aliphatic rings. The van der Waals surface area contributed by atoms with Crippen LogP contribution in [0.4, 0.5) is 10.5 Å². The van der Waals surface area contributed by atoms with Gasteiger partial charge in [0.25, 0.3) is 0 Å². The third-order valence-electron chi connectivity index (χ3n) is 3.08. The third-order valence-corrected chi connectivity index (χ3v) is 3.32. The van der Waals surface area contributed by atoms with Crippen LogP contribution in [0.3, 0.4) is 0 Å². The van der Waals surface area contributed by atoms with Crippen LogP contribution in [-0.2, 0) is 4.74 Å². The van der Waals surface area contributed by atoms with Crippen LogP contribution in [0.2, 0.25) is 5.02 Å². The van der Waals surface area contributed by atoms with Crippen LogP contribution >= 0.6 is 11.6 Å². The van der Waals surface area contributed by atoms with Gasteiger partial charge < -0.3 is 10.5 Å². The molecule has 0 radical (unpaired) electrons. The Morgan fingerprint density at radius 3 is 2.89 bits per heavy atom. The van der Waals surface area contributed by atoms with Crippen molar-refractivity contribution >= 4 is 23.4 Å². The number of carbonyl (C=O) groups excluding carboxylic acids is 1. The SMILES string of the molecule is NC1CCCCC1OC(=O)Nc1cccc(Cl)c1. The molecular weight excluding hydrogens is 252 g/mol. The van der Waals surface area contributed by atoms with Gasteiger partial charge in [-0.05, 0) is 37.5 Å². The number of rotatable bonds is 2. The summed E-state index contributed by atoms with van der Waals surface area (Å²) in [6.07, 6.45) is 3.26. The van der Waals surface area contributed by atoms with Gasteiger partial charge >= 0.3 is 6.09 Å². The van der Waals surface area contributed by atoms with Crippen LogP contribution in [0, 0.1) is 0 Å². The van der Waals surface area contributed by atoms with Gasteiger partial charge in [-0.15, -0.1) is 0 Å². The number of amides is 1. The van der Waals surface area contributed by atoms with E-state index in [1.807, 2.05) is 0 Å². The molecular formula is C13H17ClN2O2. The summed E-state index contributed by atoms with van der Waals surface area (Å²) in [4.78, 5) is 11.7. The predicted molar refractivity (Wildman–Crippen MR) is 71.8 cm³/mol. The van der Waals surface area contributed by atoms with E-state index in [9.17, 15) is 4.79 Å². The average Bonchev–Trinajstić information content (AvgIpc) is 2.32. The van der Waals surface area contributed by atoms with E-state index in [2.05, 4.69) is 5.32 Å². The standard InChI is InChI=1S/C13H17ClN2O2/c14-9-4-3-5-10(8-9)16-13(17)18-12-7-2-1-6-11(12)15/h3-5,8,11-12H,1-2,6-7,15H2,(H,16,17). The minimum atomic E-state index is -0.473. The highest BCUT2D eigenvalue weighted by Crippen LogP contribution is 2.21. The lowest BCUT2D eigenvalue weighted by Gasteiger charge is -2.28. The van der Waals surface area contributed by atoms with Gasteiger partial charge in [-0.2, -0.15) is 0 Å². The molecule has 98 valence electrons. The molecule has 0 saturated heterocycles. The normalized spacial score (nSPS) is 23.4. The van der Waals surface area contributed by atoms with Crippen LogP contribution in [0.1, 0.15) is 25.7 Å². The Bertz CT molecular complexity index is 425. The van der Waals surface area contributed by atoms with E-state index in [4.69, 9.17) is 22.1 Å². The van der Waals surface area contributed by atoms with Crippen LogP contribution in [-0.4, -0.2) is 18.2 Å². The second kappa shape index (κ2) is 6.07. The number of carbonyl (C=O) groups is 1. The molecule has 1 aliphatic carbocycles. The highest BCUT2D eigenvalue weighted by atomic mass is 35.5. The number of benzene rings is 1. The molecule has 0 spiro atoms. The van der Waals surface area contributed by atoms with Crippen molar-refractivity contribution < 1.29 is 9.53 Å². The summed E-state index contributed by atoms with van der Waals surface area (Å²) >= 11 is 5.83. The monoisotopic (exact) mass is 268 g/mol. The molecule has 1 amide bonds. The number of ether oxygens (including phenoxy) is 1. The van der Waals surface area contributed by atoms with Crippen molar-refractivity contribution in [2.24, 2.45) is 5.73 Å². The van der Waals surface area contributed by atoms with Crippen molar-refractivity contribution in [2.45, 2.75) is 37.8 Å². The molecule has 2 unspecified atom stereocenters. The van der Waals surface area contributed by atoms with Crippen LogP contribution < -0.4 is 11.1 Å². The Balaban J connectivity index is 1.88. The summed E-state index contributed by atoms with van der Waals surface area (Å²) in [5.74, 6) is 0. The van der Waals surface area contributed by atoms with E-state index >= 15 is 0 Å². The molecule has 4 nitrogen and oxygen atoms in total. The fourth-order valence-electron chi connectivity index (χ4n) is 2.12. The smallest absolute Gasteiger partial charge is 0.411 e. The fraction of sp³-hybridized carbons (Fsp3) is 0.462. The van der Waals surface area contributed by atoms with Gasteiger partial charge in [-0.25, -0.2) is 4.79 Å². The van der Waals surface area contributed by atoms with Crippen molar-refractivity contribution in [1.82, 2.24) is 0 Å². The van der Waals surface area contributed by atoms with Crippen molar-refractivity contribution in [3.63, 3.8) is 0 Å². The molecule has 3 N–H and O–H groups in total. The molecule has 1 saturated carbocycles. The molecule has 5 heteroatoms. The van der Waals surface area contributed by atoms with E-state index in [1.54, 1.807) is 24.3 Å². The summed E-state index contributed by atoms with van der Waals surface area (Å²) in [5, 5.41) is 3.22. The Kier molecular flexibility index (Phi) is 4.44. The number of anilines is 1. The predicted octanol–water partition coefficient (Wildman–Crippen LogP) is 3.16. The van der Waals surface area contributed by atoms with Crippen LogP contribution in [0.15, 0.2) is 24.3 Å².